The van der Waals surface area contributed by atoms with Gasteiger partial charge in [-0.05, 0) is 56.0 Å². The van der Waals surface area contributed by atoms with Gasteiger partial charge in [0.25, 0.3) is 0 Å². The molecule has 0 N–H and O–H groups in total. The molecular formula is C15H28BrN. The number of alkyl halides is 1. The van der Waals surface area contributed by atoms with Crippen LogP contribution in [0.3, 0.4) is 0 Å². The van der Waals surface area contributed by atoms with E-state index in [4.69, 9.17) is 0 Å². The van der Waals surface area contributed by atoms with E-state index in [1.807, 2.05) is 0 Å². The van der Waals surface area contributed by atoms with Crippen LogP contribution in [0, 0.1) is 17.3 Å². The highest BCUT2D eigenvalue weighted by atomic mass is 79.9. The molecule has 2 heteroatoms. The third-order valence-corrected chi connectivity index (χ3v) is 6.05. The van der Waals surface area contributed by atoms with E-state index in [9.17, 15) is 0 Å². The van der Waals surface area contributed by atoms with Gasteiger partial charge in [0.15, 0.2) is 0 Å². The summed E-state index contributed by atoms with van der Waals surface area (Å²) in [6, 6.07) is 0. The second-order valence-corrected chi connectivity index (χ2v) is 7.31. The van der Waals surface area contributed by atoms with Crippen molar-refractivity contribution >= 4 is 15.9 Å². The van der Waals surface area contributed by atoms with E-state index in [-0.39, 0.29) is 0 Å². The monoisotopic (exact) mass is 301 g/mol. The van der Waals surface area contributed by atoms with Crippen molar-refractivity contribution in [1.82, 2.24) is 4.90 Å². The predicted molar refractivity (Wildman–Crippen MR) is 78.7 cm³/mol. The lowest BCUT2D eigenvalue weighted by molar-refractivity contribution is 0.0925. The minimum absolute atomic E-state index is 0.776. The second-order valence-electron chi connectivity index (χ2n) is 6.67. The first kappa shape index (κ1) is 13.9. The Morgan fingerprint density at radius 2 is 1.65 bits per heavy atom. The van der Waals surface area contributed by atoms with Crippen LogP contribution in [0.5, 0.6) is 0 Å². The molecule has 1 saturated heterocycles. The van der Waals surface area contributed by atoms with Crippen LogP contribution in [0.4, 0.5) is 0 Å². The molecule has 0 aromatic heterocycles. The number of halogens is 1. The van der Waals surface area contributed by atoms with Crippen LogP contribution >= 0.6 is 15.9 Å². The Morgan fingerprint density at radius 3 is 2.12 bits per heavy atom. The minimum atomic E-state index is 0.776. The molecule has 1 aliphatic carbocycles. The van der Waals surface area contributed by atoms with Gasteiger partial charge in [0.1, 0.15) is 0 Å². The fourth-order valence-corrected chi connectivity index (χ4v) is 4.56. The van der Waals surface area contributed by atoms with Crippen LogP contribution in [0.2, 0.25) is 0 Å². The van der Waals surface area contributed by atoms with Gasteiger partial charge in [0, 0.05) is 11.9 Å². The highest BCUT2D eigenvalue weighted by Crippen LogP contribution is 2.46. The Balaban J connectivity index is 1.78. The topological polar surface area (TPSA) is 3.24 Å². The lowest BCUT2D eigenvalue weighted by atomic mass is 9.77. The summed E-state index contributed by atoms with van der Waals surface area (Å²) in [5, 5.41) is 1.16. The highest BCUT2D eigenvalue weighted by Gasteiger charge is 2.37. The lowest BCUT2D eigenvalue weighted by Gasteiger charge is -2.41. The summed E-state index contributed by atoms with van der Waals surface area (Å²) in [6.45, 7) is 8.73. The average molecular weight is 302 g/mol. The van der Waals surface area contributed by atoms with Gasteiger partial charge in [-0.15, -0.1) is 0 Å². The van der Waals surface area contributed by atoms with Gasteiger partial charge >= 0.3 is 0 Å². The number of piperidine rings is 1. The first-order chi connectivity index (χ1) is 8.15. The van der Waals surface area contributed by atoms with E-state index < -0.39 is 0 Å². The van der Waals surface area contributed by atoms with Gasteiger partial charge in [-0.1, -0.05) is 42.6 Å². The molecule has 2 fully saturated rings. The third kappa shape index (κ3) is 3.47. The first-order valence-electron chi connectivity index (χ1n) is 7.43. The zero-order valence-electron chi connectivity index (χ0n) is 11.6. The van der Waals surface area contributed by atoms with Gasteiger partial charge < -0.3 is 4.90 Å². The molecule has 1 unspecified atom stereocenters. The molecule has 0 amide bonds. The Labute approximate surface area is 115 Å². The van der Waals surface area contributed by atoms with Crippen LogP contribution < -0.4 is 0 Å². The third-order valence-electron chi connectivity index (χ3n) is 5.21. The van der Waals surface area contributed by atoms with Crippen molar-refractivity contribution in [2.24, 2.45) is 17.3 Å². The maximum absolute atomic E-state index is 3.68. The molecular weight excluding hydrogens is 274 g/mol. The van der Waals surface area contributed by atoms with E-state index in [0.29, 0.717) is 0 Å². The molecule has 0 aromatic rings. The molecule has 0 aromatic carbocycles. The molecule has 2 rings (SSSR count). The maximum atomic E-state index is 3.68. The molecule has 1 heterocycles. The fraction of sp³-hybridized carbons (Fsp3) is 1.00. The van der Waals surface area contributed by atoms with Crippen molar-refractivity contribution in [2.75, 3.05) is 25.0 Å². The first-order valence-corrected chi connectivity index (χ1v) is 8.56. The van der Waals surface area contributed by atoms with Crippen LogP contribution in [-0.2, 0) is 0 Å². The van der Waals surface area contributed by atoms with Crippen LogP contribution in [0.15, 0.2) is 0 Å². The number of rotatable bonds is 4. The van der Waals surface area contributed by atoms with Crippen LogP contribution in [-0.4, -0.2) is 29.9 Å². The van der Waals surface area contributed by atoms with E-state index >= 15 is 0 Å². The molecule has 1 nitrogen and oxygen atoms in total. The number of hydrogen-bond donors (Lipinski definition) is 0. The molecule has 1 spiro atoms. The lowest BCUT2D eigenvalue weighted by Crippen LogP contribution is -2.42. The maximum Gasteiger partial charge on any atom is 0.00743 e. The SMILES string of the molecule is CC(C)C(CBr)CN1CCC2(CCCC2)CC1. The summed E-state index contributed by atoms with van der Waals surface area (Å²) in [7, 11) is 0. The number of likely N-dealkylation sites (tertiary alicyclic amines) is 1. The highest BCUT2D eigenvalue weighted by molar-refractivity contribution is 9.09. The summed E-state index contributed by atoms with van der Waals surface area (Å²) >= 11 is 3.68. The Bertz CT molecular complexity index is 223. The molecule has 1 aliphatic heterocycles. The quantitative estimate of drug-likeness (QED) is 0.699. The van der Waals surface area contributed by atoms with E-state index in [1.54, 1.807) is 0 Å². The molecule has 100 valence electrons. The Hall–Kier alpha value is 0.440. The molecule has 0 radical (unpaired) electrons. The van der Waals surface area contributed by atoms with Crippen molar-refractivity contribution in [3.8, 4) is 0 Å². The van der Waals surface area contributed by atoms with Crippen molar-refractivity contribution in [3.63, 3.8) is 0 Å². The van der Waals surface area contributed by atoms with Gasteiger partial charge in [-0.25, -0.2) is 0 Å². The normalized spacial score (nSPS) is 26.8. The minimum Gasteiger partial charge on any atom is -0.303 e. The van der Waals surface area contributed by atoms with Gasteiger partial charge in [0.2, 0.25) is 0 Å². The molecule has 0 bridgehead atoms. The zero-order valence-corrected chi connectivity index (χ0v) is 13.1. The number of nitrogens with zero attached hydrogens (tertiary/aromatic N) is 1. The van der Waals surface area contributed by atoms with E-state index in [1.165, 1.54) is 58.2 Å². The van der Waals surface area contributed by atoms with E-state index in [0.717, 1.165) is 22.6 Å². The summed E-state index contributed by atoms with van der Waals surface area (Å²) in [5.41, 5.74) is 0.776. The Kier molecular flexibility index (Phi) is 4.94. The summed E-state index contributed by atoms with van der Waals surface area (Å²) < 4.78 is 0. The van der Waals surface area contributed by atoms with Crippen LogP contribution in [0.1, 0.15) is 52.4 Å². The van der Waals surface area contributed by atoms with Crippen molar-refractivity contribution in [3.05, 3.63) is 0 Å². The summed E-state index contributed by atoms with van der Waals surface area (Å²) in [6.07, 6.45) is 8.98. The molecule has 1 atom stereocenters. The zero-order chi connectivity index (χ0) is 12.3. The van der Waals surface area contributed by atoms with Crippen molar-refractivity contribution in [2.45, 2.75) is 52.4 Å². The molecule has 17 heavy (non-hydrogen) atoms. The van der Waals surface area contributed by atoms with Crippen molar-refractivity contribution in [1.29, 1.82) is 0 Å². The van der Waals surface area contributed by atoms with Crippen molar-refractivity contribution < 1.29 is 0 Å². The van der Waals surface area contributed by atoms with Crippen LogP contribution in [0.25, 0.3) is 0 Å². The van der Waals surface area contributed by atoms with E-state index in [2.05, 4.69) is 34.7 Å². The smallest absolute Gasteiger partial charge is 0.00743 e. The Morgan fingerprint density at radius 1 is 1.06 bits per heavy atom. The van der Waals surface area contributed by atoms with Gasteiger partial charge in [-0.3, -0.25) is 0 Å². The number of hydrogen-bond acceptors (Lipinski definition) is 1. The molecule has 1 saturated carbocycles. The molecule has 2 aliphatic rings. The summed E-state index contributed by atoms with van der Waals surface area (Å²) in [5.74, 6) is 1.63. The summed E-state index contributed by atoms with van der Waals surface area (Å²) in [4.78, 5) is 2.72. The van der Waals surface area contributed by atoms with Gasteiger partial charge in [0.05, 0.1) is 0 Å². The predicted octanol–water partition coefficient (Wildman–Crippen LogP) is 4.31. The fourth-order valence-electron chi connectivity index (χ4n) is 3.60. The largest absolute Gasteiger partial charge is 0.303 e. The van der Waals surface area contributed by atoms with Gasteiger partial charge in [-0.2, -0.15) is 0 Å². The standard InChI is InChI=1S/C15H28BrN/c1-13(2)14(11-16)12-17-9-7-15(8-10-17)5-3-4-6-15/h13-14H,3-12H2,1-2H3. The average Bonchev–Trinajstić information content (AvgIpc) is 2.77. The second kappa shape index (κ2) is 6.06.